The quantitative estimate of drug-likeness (QED) is 0.651. The van der Waals surface area contributed by atoms with Crippen molar-refractivity contribution in [2.45, 2.75) is 20.8 Å². The molecule has 0 aliphatic heterocycles. The maximum absolute atomic E-state index is 9.35. The van der Waals surface area contributed by atoms with E-state index < -0.39 is 0 Å². The molecule has 2 nitrogen and oxygen atoms in total. The van der Waals surface area contributed by atoms with Crippen LogP contribution in [0.3, 0.4) is 0 Å². The van der Waals surface area contributed by atoms with Crippen LogP contribution < -0.4 is 0 Å². The smallest absolute Gasteiger partial charge is 0.129 e. The molecule has 0 spiro atoms. The molecular weight excluding hydrogens is 164 g/mol. The summed E-state index contributed by atoms with van der Waals surface area (Å²) in [5.41, 5.74) is 1.13. The first-order chi connectivity index (χ1) is 6.13. The van der Waals surface area contributed by atoms with Gasteiger partial charge in [0.15, 0.2) is 0 Å². The molecule has 1 aromatic carbocycles. The molecule has 72 valence electrons. The molecule has 1 aromatic rings. The second-order valence-electron chi connectivity index (χ2n) is 2.42. The number of aliphatic hydroxyl groups is 1. The lowest BCUT2D eigenvalue weighted by Gasteiger charge is -2.03. The van der Waals surface area contributed by atoms with Crippen LogP contribution in [0.1, 0.15) is 25.0 Å². The average molecular weight is 180 g/mol. The van der Waals surface area contributed by atoms with Crippen molar-refractivity contribution < 1.29 is 10.2 Å². The lowest BCUT2D eigenvalue weighted by molar-refractivity contribution is 0.457. The van der Waals surface area contributed by atoms with Crippen molar-refractivity contribution in [2.75, 3.05) is 0 Å². The van der Waals surface area contributed by atoms with Crippen LogP contribution >= 0.6 is 0 Å². The Hall–Kier alpha value is -1.44. The van der Waals surface area contributed by atoms with Crippen LogP contribution in [0.4, 0.5) is 0 Å². The van der Waals surface area contributed by atoms with Gasteiger partial charge in [0.2, 0.25) is 0 Å². The minimum Gasteiger partial charge on any atom is -0.508 e. The zero-order valence-electron chi connectivity index (χ0n) is 8.33. The number of phenols is 1. The van der Waals surface area contributed by atoms with E-state index >= 15 is 0 Å². The molecule has 1 rings (SSSR count). The molecule has 0 aromatic heterocycles. The lowest BCUT2D eigenvalue weighted by Crippen LogP contribution is -1.84. The highest BCUT2D eigenvalue weighted by atomic mass is 16.3. The topological polar surface area (TPSA) is 40.5 Å². The predicted octanol–water partition coefficient (Wildman–Crippen LogP) is 3.26. The number of phenolic OH excluding ortho intramolecular Hbond substituents is 1. The highest BCUT2D eigenvalue weighted by molar-refractivity contribution is 5.63. The molecule has 0 radical (unpaired) electrons. The van der Waals surface area contributed by atoms with Gasteiger partial charge >= 0.3 is 0 Å². The summed E-state index contributed by atoms with van der Waals surface area (Å²) in [6.45, 7) is 9.09. The first-order valence-electron chi connectivity index (χ1n) is 4.29. The van der Waals surface area contributed by atoms with Crippen molar-refractivity contribution in [1.29, 1.82) is 0 Å². The van der Waals surface area contributed by atoms with E-state index in [2.05, 4.69) is 6.58 Å². The zero-order chi connectivity index (χ0) is 10.4. The largest absolute Gasteiger partial charge is 0.508 e. The molecule has 13 heavy (non-hydrogen) atoms. The number of aliphatic hydroxyl groups excluding tert-OH is 1. The summed E-state index contributed by atoms with van der Waals surface area (Å²) in [6.07, 6.45) is 0. The van der Waals surface area contributed by atoms with E-state index in [4.69, 9.17) is 5.11 Å². The summed E-state index contributed by atoms with van der Waals surface area (Å²) in [5.74, 6) is -0.00815. The number of hydrogen-bond acceptors (Lipinski definition) is 2. The van der Waals surface area contributed by atoms with Crippen LogP contribution in [0.2, 0.25) is 0 Å². The molecule has 2 heteroatoms. The number of aryl methyl sites for hydroxylation is 1. The summed E-state index contributed by atoms with van der Waals surface area (Å²) in [4.78, 5) is 0. The molecule has 0 amide bonds. The fourth-order valence-electron chi connectivity index (χ4n) is 0.892. The highest BCUT2D eigenvalue weighted by Gasteiger charge is 2.04. The van der Waals surface area contributed by atoms with E-state index in [1.807, 2.05) is 13.8 Å². The Balaban J connectivity index is 0.000000671. The SMILES string of the molecule is C=C(O)c1cccc(C)c1O.CC. The first-order valence-corrected chi connectivity index (χ1v) is 4.29. The fraction of sp³-hybridized carbons (Fsp3) is 0.273. The summed E-state index contributed by atoms with van der Waals surface area (Å²) >= 11 is 0. The predicted molar refractivity (Wildman–Crippen MR) is 55.9 cm³/mol. The van der Waals surface area contributed by atoms with Gasteiger partial charge in [-0.15, -0.1) is 0 Å². The first kappa shape index (κ1) is 11.6. The minimum absolute atomic E-state index is 0.0972. The van der Waals surface area contributed by atoms with Gasteiger partial charge in [0, 0.05) is 0 Å². The Morgan fingerprint density at radius 1 is 1.31 bits per heavy atom. The Morgan fingerprint density at radius 3 is 2.23 bits per heavy atom. The van der Waals surface area contributed by atoms with E-state index in [0.29, 0.717) is 5.56 Å². The van der Waals surface area contributed by atoms with Gasteiger partial charge in [-0.1, -0.05) is 32.6 Å². The van der Waals surface area contributed by atoms with Gasteiger partial charge in [-0.25, -0.2) is 0 Å². The van der Waals surface area contributed by atoms with Gasteiger partial charge in [0.25, 0.3) is 0 Å². The molecule has 0 fully saturated rings. The Morgan fingerprint density at radius 2 is 1.85 bits per heavy atom. The van der Waals surface area contributed by atoms with Crippen molar-refractivity contribution in [1.82, 2.24) is 0 Å². The van der Waals surface area contributed by atoms with Crippen LogP contribution in [-0.4, -0.2) is 10.2 Å². The van der Waals surface area contributed by atoms with Crippen molar-refractivity contribution in [2.24, 2.45) is 0 Å². The van der Waals surface area contributed by atoms with Crippen LogP contribution in [0.15, 0.2) is 24.8 Å². The van der Waals surface area contributed by atoms with E-state index in [0.717, 1.165) is 5.56 Å². The number of aromatic hydroxyl groups is 1. The highest BCUT2D eigenvalue weighted by Crippen LogP contribution is 2.25. The summed E-state index contributed by atoms with van der Waals surface area (Å²) in [7, 11) is 0. The van der Waals surface area contributed by atoms with Gasteiger partial charge in [-0.2, -0.15) is 0 Å². The number of rotatable bonds is 1. The average Bonchev–Trinajstić information content (AvgIpc) is 2.13. The zero-order valence-corrected chi connectivity index (χ0v) is 8.33. The van der Waals surface area contributed by atoms with E-state index in [9.17, 15) is 5.11 Å². The standard InChI is InChI=1S/C9H10O2.C2H6/c1-6-4-3-5-8(7(2)10)9(6)11;1-2/h3-5,10-11H,2H2,1H3;1-2H3. The molecule has 0 aliphatic carbocycles. The summed E-state index contributed by atoms with van der Waals surface area (Å²) in [5, 5.41) is 18.3. The molecule has 0 saturated heterocycles. The molecule has 0 aliphatic rings. The van der Waals surface area contributed by atoms with Crippen molar-refractivity contribution in [3.63, 3.8) is 0 Å². The Kier molecular flexibility index (Phi) is 4.67. The number of benzene rings is 1. The van der Waals surface area contributed by atoms with Crippen LogP contribution in [-0.2, 0) is 0 Å². The van der Waals surface area contributed by atoms with Gasteiger partial charge in [-0.3, -0.25) is 0 Å². The molecule has 0 bridgehead atoms. The number of hydrogen-bond donors (Lipinski definition) is 2. The van der Waals surface area contributed by atoms with Crippen LogP contribution in [0, 0.1) is 6.92 Å². The second-order valence-corrected chi connectivity index (χ2v) is 2.42. The maximum atomic E-state index is 9.35. The van der Waals surface area contributed by atoms with Crippen LogP contribution in [0.5, 0.6) is 5.75 Å². The molecule has 0 unspecified atom stereocenters. The second kappa shape index (κ2) is 5.25. The molecule has 0 heterocycles. The molecule has 2 N–H and O–H groups in total. The van der Waals surface area contributed by atoms with E-state index in [-0.39, 0.29) is 11.5 Å². The van der Waals surface area contributed by atoms with Crippen molar-refractivity contribution in [3.8, 4) is 5.75 Å². The third kappa shape index (κ3) is 2.82. The van der Waals surface area contributed by atoms with Gasteiger partial charge in [0.1, 0.15) is 11.5 Å². The lowest BCUT2D eigenvalue weighted by atomic mass is 10.1. The minimum atomic E-state index is -0.105. The van der Waals surface area contributed by atoms with Gasteiger partial charge < -0.3 is 10.2 Å². The van der Waals surface area contributed by atoms with Crippen LogP contribution in [0.25, 0.3) is 5.76 Å². The van der Waals surface area contributed by atoms with Crippen molar-refractivity contribution in [3.05, 3.63) is 35.9 Å². The maximum Gasteiger partial charge on any atom is 0.129 e. The monoisotopic (exact) mass is 180 g/mol. The summed E-state index contributed by atoms with van der Waals surface area (Å²) < 4.78 is 0. The Bertz CT molecular complexity index is 290. The van der Waals surface area contributed by atoms with Crippen molar-refractivity contribution >= 4 is 5.76 Å². The summed E-state index contributed by atoms with van der Waals surface area (Å²) in [6, 6.07) is 5.14. The fourth-order valence-corrected chi connectivity index (χ4v) is 0.892. The Labute approximate surface area is 79.2 Å². The van der Waals surface area contributed by atoms with Gasteiger partial charge in [-0.05, 0) is 18.6 Å². The third-order valence-electron chi connectivity index (χ3n) is 1.55. The van der Waals surface area contributed by atoms with E-state index in [1.165, 1.54) is 0 Å². The third-order valence-corrected chi connectivity index (χ3v) is 1.55. The normalized spacial score (nSPS) is 8.54. The molecular formula is C11H16O2. The number of para-hydroxylation sites is 1. The van der Waals surface area contributed by atoms with E-state index in [1.54, 1.807) is 25.1 Å². The molecule has 0 saturated carbocycles. The van der Waals surface area contributed by atoms with Gasteiger partial charge in [0.05, 0.1) is 5.56 Å². The molecule has 0 atom stereocenters.